The Bertz CT molecular complexity index is 1090. The van der Waals surface area contributed by atoms with Crippen LogP contribution in [0.4, 0.5) is 0 Å². The Labute approximate surface area is 184 Å². The molecule has 4 rings (SSSR count). The summed E-state index contributed by atoms with van der Waals surface area (Å²) in [5.41, 5.74) is 1.70. The molecule has 0 bridgehead atoms. The first-order valence-electron chi connectivity index (χ1n) is 10.3. The lowest BCUT2D eigenvalue weighted by Gasteiger charge is -2.38. The van der Waals surface area contributed by atoms with Gasteiger partial charge < -0.3 is 5.11 Å². The number of aliphatic hydroxyl groups is 1. The number of nitrogens with zero attached hydrogens (tertiary/aromatic N) is 1. The molecule has 1 N–H and O–H groups in total. The molecule has 0 aliphatic rings. The van der Waals surface area contributed by atoms with Crippen LogP contribution in [-0.4, -0.2) is 16.8 Å². The third-order valence-electron chi connectivity index (χ3n) is 5.64. The maximum atomic E-state index is 14.9. The zero-order chi connectivity index (χ0) is 21.7. The van der Waals surface area contributed by atoms with Crippen LogP contribution in [0.3, 0.4) is 0 Å². The highest BCUT2D eigenvalue weighted by Gasteiger charge is 2.40. The van der Waals surface area contributed by atoms with E-state index in [9.17, 15) is 9.67 Å². The second-order valence-electron chi connectivity index (χ2n) is 7.53. The highest BCUT2D eigenvalue weighted by molar-refractivity contribution is 7.76. The topological polar surface area (TPSA) is 40.5 Å². The molecule has 4 aromatic carbocycles. The van der Waals surface area contributed by atoms with Crippen molar-refractivity contribution in [3.05, 3.63) is 132 Å². The van der Waals surface area contributed by atoms with Gasteiger partial charge in [0.1, 0.15) is 0 Å². The molecular weight excluding hydrogens is 401 g/mol. The van der Waals surface area contributed by atoms with Gasteiger partial charge in [0.15, 0.2) is 0 Å². The van der Waals surface area contributed by atoms with Gasteiger partial charge in [0.05, 0.1) is 12.1 Å². The zero-order valence-corrected chi connectivity index (χ0v) is 18.3. The average molecular weight is 427 g/mol. The monoisotopic (exact) mass is 427 g/mol. The molecule has 156 valence electrons. The Morgan fingerprint density at radius 2 is 0.968 bits per heavy atom. The SMILES string of the molecule is CN(C(c1ccccc1)C(O)c1ccccc1)P(=O)(c1ccccc1)c1ccccc1. The first kappa shape index (κ1) is 21.3. The lowest BCUT2D eigenvalue weighted by atomic mass is 9.96. The Balaban J connectivity index is 1.89. The van der Waals surface area contributed by atoms with Gasteiger partial charge in [-0.05, 0) is 42.4 Å². The molecule has 0 saturated heterocycles. The van der Waals surface area contributed by atoms with Crippen molar-refractivity contribution in [1.29, 1.82) is 0 Å². The molecule has 0 heterocycles. The summed E-state index contributed by atoms with van der Waals surface area (Å²) in [6, 6.07) is 38.0. The highest BCUT2D eigenvalue weighted by Crippen LogP contribution is 2.53. The molecule has 4 heteroatoms. The molecule has 0 spiro atoms. The molecule has 3 nitrogen and oxygen atoms in total. The zero-order valence-electron chi connectivity index (χ0n) is 17.5. The maximum absolute atomic E-state index is 14.9. The Hall–Kier alpha value is -2.97. The minimum atomic E-state index is -3.24. The molecule has 2 atom stereocenters. The molecule has 0 radical (unpaired) electrons. The fourth-order valence-corrected chi connectivity index (χ4v) is 6.82. The van der Waals surface area contributed by atoms with Crippen LogP contribution in [0, 0.1) is 0 Å². The van der Waals surface area contributed by atoms with Gasteiger partial charge in [-0.25, -0.2) is 4.67 Å². The average Bonchev–Trinajstić information content (AvgIpc) is 2.86. The van der Waals surface area contributed by atoms with Gasteiger partial charge in [-0.3, -0.25) is 4.57 Å². The summed E-state index contributed by atoms with van der Waals surface area (Å²) in [6.45, 7) is 0. The predicted octanol–water partition coefficient (Wildman–Crippen LogP) is 5.32. The number of hydrogen-bond donors (Lipinski definition) is 1. The van der Waals surface area contributed by atoms with Crippen LogP contribution in [0.1, 0.15) is 23.3 Å². The molecule has 2 unspecified atom stereocenters. The standard InChI is InChI=1S/C27H26NO2P/c1-28(31(30,24-18-10-4-11-19-24)25-20-12-5-13-21-25)26(22-14-6-2-7-15-22)27(29)23-16-8-3-9-17-23/h2-21,26-27,29H,1H3. The van der Waals surface area contributed by atoms with E-state index < -0.39 is 19.4 Å². The minimum absolute atomic E-state index is 0.505. The van der Waals surface area contributed by atoms with E-state index in [1.54, 1.807) is 0 Å². The maximum Gasteiger partial charge on any atom is 0.207 e. The van der Waals surface area contributed by atoms with Crippen LogP contribution >= 0.6 is 7.29 Å². The van der Waals surface area contributed by atoms with Gasteiger partial charge in [0.2, 0.25) is 7.29 Å². The molecule has 0 aliphatic heterocycles. The summed E-state index contributed by atoms with van der Waals surface area (Å²) in [7, 11) is -1.39. The van der Waals surface area contributed by atoms with Gasteiger partial charge in [0, 0.05) is 10.6 Å². The van der Waals surface area contributed by atoms with Crippen LogP contribution in [0.25, 0.3) is 0 Å². The number of aliphatic hydroxyl groups excluding tert-OH is 1. The Morgan fingerprint density at radius 1 is 0.613 bits per heavy atom. The lowest BCUT2D eigenvalue weighted by molar-refractivity contribution is 0.0987. The summed E-state index contributed by atoms with van der Waals surface area (Å²) in [4.78, 5) is 0. The number of benzene rings is 4. The lowest BCUT2D eigenvalue weighted by Crippen LogP contribution is -2.35. The summed E-state index contributed by atoms with van der Waals surface area (Å²) in [5, 5.41) is 13.0. The van der Waals surface area contributed by atoms with E-state index in [4.69, 9.17) is 0 Å². The van der Waals surface area contributed by atoms with Crippen molar-refractivity contribution in [3.63, 3.8) is 0 Å². The quantitative estimate of drug-likeness (QED) is 0.406. The van der Waals surface area contributed by atoms with Gasteiger partial charge in [-0.15, -0.1) is 0 Å². The fourth-order valence-electron chi connectivity index (χ4n) is 4.03. The smallest absolute Gasteiger partial charge is 0.207 e. The first-order chi connectivity index (χ1) is 15.1. The summed E-state index contributed by atoms with van der Waals surface area (Å²) in [5.74, 6) is 0. The Kier molecular flexibility index (Phi) is 6.48. The van der Waals surface area contributed by atoms with E-state index in [-0.39, 0.29) is 0 Å². The molecule has 0 amide bonds. The third kappa shape index (κ3) is 4.26. The van der Waals surface area contributed by atoms with Crippen molar-refractivity contribution >= 4 is 17.9 Å². The van der Waals surface area contributed by atoms with Crippen molar-refractivity contribution in [3.8, 4) is 0 Å². The molecule has 0 fully saturated rings. The van der Waals surface area contributed by atoms with Crippen LogP contribution < -0.4 is 10.6 Å². The number of hydrogen-bond acceptors (Lipinski definition) is 2. The van der Waals surface area contributed by atoms with E-state index in [2.05, 4.69) is 0 Å². The van der Waals surface area contributed by atoms with E-state index in [1.165, 1.54) is 0 Å². The van der Waals surface area contributed by atoms with Crippen molar-refractivity contribution < 1.29 is 9.67 Å². The van der Waals surface area contributed by atoms with Gasteiger partial charge in [-0.1, -0.05) is 97.1 Å². The van der Waals surface area contributed by atoms with E-state index in [1.807, 2.05) is 133 Å². The van der Waals surface area contributed by atoms with E-state index >= 15 is 0 Å². The van der Waals surface area contributed by atoms with Crippen LogP contribution in [0.5, 0.6) is 0 Å². The van der Waals surface area contributed by atoms with Crippen molar-refractivity contribution in [1.82, 2.24) is 4.67 Å². The fraction of sp³-hybridized carbons (Fsp3) is 0.111. The molecule has 0 saturated carbocycles. The molecule has 4 aromatic rings. The van der Waals surface area contributed by atoms with Crippen molar-refractivity contribution in [2.75, 3.05) is 7.05 Å². The predicted molar refractivity (Wildman–Crippen MR) is 128 cm³/mol. The van der Waals surface area contributed by atoms with Gasteiger partial charge in [-0.2, -0.15) is 0 Å². The second kappa shape index (κ2) is 9.45. The number of likely N-dealkylation sites (N-methyl/N-ethyl adjacent to an activating group) is 1. The Morgan fingerprint density at radius 3 is 1.39 bits per heavy atom. The molecule has 31 heavy (non-hydrogen) atoms. The molecular formula is C27H26NO2P. The van der Waals surface area contributed by atoms with Crippen molar-refractivity contribution in [2.24, 2.45) is 0 Å². The number of rotatable bonds is 7. The minimum Gasteiger partial charge on any atom is -0.386 e. The van der Waals surface area contributed by atoms with Crippen LogP contribution in [0.15, 0.2) is 121 Å². The molecule has 0 aromatic heterocycles. The summed E-state index contributed by atoms with van der Waals surface area (Å²) in [6.07, 6.45) is -0.852. The summed E-state index contributed by atoms with van der Waals surface area (Å²) < 4.78 is 16.7. The highest BCUT2D eigenvalue weighted by atomic mass is 31.2. The third-order valence-corrected chi connectivity index (χ3v) is 8.77. The van der Waals surface area contributed by atoms with Gasteiger partial charge >= 0.3 is 0 Å². The second-order valence-corrected chi connectivity index (χ2v) is 10.3. The summed E-state index contributed by atoms with van der Waals surface area (Å²) >= 11 is 0. The normalized spacial score (nSPS) is 13.6. The molecule has 0 aliphatic carbocycles. The van der Waals surface area contributed by atoms with E-state index in [0.717, 1.165) is 21.7 Å². The van der Waals surface area contributed by atoms with Crippen LogP contribution in [0.2, 0.25) is 0 Å². The first-order valence-corrected chi connectivity index (χ1v) is 12.0. The van der Waals surface area contributed by atoms with Crippen molar-refractivity contribution in [2.45, 2.75) is 12.1 Å². The van der Waals surface area contributed by atoms with Crippen LogP contribution in [-0.2, 0) is 4.57 Å². The largest absolute Gasteiger partial charge is 0.386 e. The van der Waals surface area contributed by atoms with Gasteiger partial charge in [0.25, 0.3) is 0 Å². The van der Waals surface area contributed by atoms with E-state index in [0.29, 0.717) is 0 Å².